The van der Waals surface area contributed by atoms with Crippen LogP contribution in [0.1, 0.15) is 0 Å². The molecule has 5 rings (SSSR count). The molecule has 0 unspecified atom stereocenters. The third-order valence-corrected chi connectivity index (χ3v) is 5.79. The summed E-state index contributed by atoms with van der Waals surface area (Å²) in [6.07, 6.45) is 1.76. The highest BCUT2D eigenvalue weighted by molar-refractivity contribution is 9.10. The fourth-order valence-corrected chi connectivity index (χ4v) is 4.07. The fraction of sp³-hybridized carbons (Fsp3) is 0. The highest BCUT2D eigenvalue weighted by atomic mass is 79.9. The maximum Gasteiger partial charge on any atom is 0.210 e. The van der Waals surface area contributed by atoms with Crippen LogP contribution >= 0.6 is 27.3 Å². The third-order valence-electron chi connectivity index (χ3n) is 4.39. The Balaban J connectivity index is 1.59. The van der Waals surface area contributed by atoms with E-state index in [0.717, 1.165) is 42.5 Å². The SMILES string of the molecule is Brc1ccc(Nc2nnc(-c3cc4cccnc4nc3-c3ccccc3)s2)cc1. The van der Waals surface area contributed by atoms with Crippen LogP contribution in [0.3, 0.4) is 0 Å². The van der Waals surface area contributed by atoms with Gasteiger partial charge in [0.15, 0.2) is 10.7 Å². The highest BCUT2D eigenvalue weighted by Gasteiger charge is 2.16. The monoisotopic (exact) mass is 459 g/mol. The third kappa shape index (κ3) is 3.74. The summed E-state index contributed by atoms with van der Waals surface area (Å²) in [5, 5.41) is 14.6. The molecule has 140 valence electrons. The van der Waals surface area contributed by atoms with Crippen LogP contribution in [0.25, 0.3) is 32.9 Å². The first kappa shape index (κ1) is 17.9. The van der Waals surface area contributed by atoms with Gasteiger partial charge in [-0.1, -0.05) is 57.6 Å². The zero-order valence-electron chi connectivity index (χ0n) is 15.1. The number of anilines is 2. The van der Waals surface area contributed by atoms with Crippen molar-refractivity contribution in [2.45, 2.75) is 0 Å². The summed E-state index contributed by atoms with van der Waals surface area (Å²) < 4.78 is 1.03. The van der Waals surface area contributed by atoms with Gasteiger partial charge in [-0.25, -0.2) is 9.97 Å². The number of aromatic nitrogens is 4. The molecule has 0 fully saturated rings. The lowest BCUT2D eigenvalue weighted by molar-refractivity contribution is 1.10. The lowest BCUT2D eigenvalue weighted by Gasteiger charge is -2.08. The van der Waals surface area contributed by atoms with E-state index in [1.165, 1.54) is 11.3 Å². The van der Waals surface area contributed by atoms with Crippen molar-refractivity contribution in [2.24, 2.45) is 0 Å². The average Bonchev–Trinajstić information content (AvgIpc) is 3.23. The molecule has 0 amide bonds. The summed E-state index contributed by atoms with van der Waals surface area (Å²) in [6, 6.07) is 24.0. The number of halogens is 1. The Hall–Kier alpha value is -3.16. The van der Waals surface area contributed by atoms with E-state index in [9.17, 15) is 0 Å². The molecule has 3 heterocycles. The van der Waals surface area contributed by atoms with Crippen LogP contribution in [0, 0.1) is 0 Å². The van der Waals surface area contributed by atoms with E-state index in [1.807, 2.05) is 66.7 Å². The molecule has 5 nitrogen and oxygen atoms in total. The van der Waals surface area contributed by atoms with Crippen molar-refractivity contribution in [3.8, 4) is 21.8 Å². The van der Waals surface area contributed by atoms with Crippen molar-refractivity contribution in [3.63, 3.8) is 0 Å². The molecule has 0 saturated carbocycles. The molecule has 2 aromatic carbocycles. The molecule has 5 aromatic rings. The quantitative estimate of drug-likeness (QED) is 0.340. The molecule has 0 radical (unpaired) electrons. The number of pyridine rings is 2. The highest BCUT2D eigenvalue weighted by Crippen LogP contribution is 2.36. The second-order valence-electron chi connectivity index (χ2n) is 6.34. The molecule has 0 saturated heterocycles. The van der Waals surface area contributed by atoms with Crippen molar-refractivity contribution < 1.29 is 0 Å². The van der Waals surface area contributed by atoms with E-state index < -0.39 is 0 Å². The zero-order valence-corrected chi connectivity index (χ0v) is 17.5. The number of fused-ring (bicyclic) bond motifs is 1. The van der Waals surface area contributed by atoms with Gasteiger partial charge in [-0.2, -0.15) is 0 Å². The van der Waals surface area contributed by atoms with E-state index in [4.69, 9.17) is 4.98 Å². The Morgan fingerprint density at radius 3 is 2.52 bits per heavy atom. The average molecular weight is 460 g/mol. The second-order valence-corrected chi connectivity index (χ2v) is 8.24. The van der Waals surface area contributed by atoms with Gasteiger partial charge >= 0.3 is 0 Å². The topological polar surface area (TPSA) is 63.6 Å². The zero-order chi connectivity index (χ0) is 19.6. The Morgan fingerprint density at radius 1 is 0.862 bits per heavy atom. The first-order valence-electron chi connectivity index (χ1n) is 8.94. The maximum atomic E-state index is 4.83. The van der Waals surface area contributed by atoms with Crippen LogP contribution in [-0.2, 0) is 0 Å². The Labute approximate surface area is 179 Å². The van der Waals surface area contributed by atoms with Crippen LogP contribution in [0.5, 0.6) is 0 Å². The Kier molecular flexibility index (Phi) is 4.75. The van der Waals surface area contributed by atoms with Gasteiger partial charge in [-0.3, -0.25) is 0 Å². The number of rotatable bonds is 4. The van der Waals surface area contributed by atoms with Gasteiger partial charge in [-0.15, -0.1) is 10.2 Å². The lowest BCUT2D eigenvalue weighted by Crippen LogP contribution is -1.92. The maximum absolute atomic E-state index is 4.83. The molecule has 0 spiro atoms. The van der Waals surface area contributed by atoms with Gasteiger partial charge in [0.1, 0.15) is 0 Å². The standard InChI is InChI=1S/C22H14BrN5S/c23-16-8-10-17(11-9-16)25-22-28-27-21(29-22)18-13-15-7-4-12-24-20(15)26-19(18)14-5-2-1-3-6-14/h1-13H,(H,25,28). The van der Waals surface area contributed by atoms with E-state index in [0.29, 0.717) is 5.65 Å². The minimum absolute atomic E-state index is 0.716. The number of nitrogens with zero attached hydrogens (tertiary/aromatic N) is 4. The molecular formula is C22H14BrN5S. The molecule has 0 atom stereocenters. The van der Waals surface area contributed by atoms with Crippen LogP contribution in [0.4, 0.5) is 10.8 Å². The summed E-state index contributed by atoms with van der Waals surface area (Å²) in [6.45, 7) is 0. The normalized spacial score (nSPS) is 10.9. The van der Waals surface area contributed by atoms with Gasteiger partial charge in [0.25, 0.3) is 0 Å². The van der Waals surface area contributed by atoms with Crippen molar-refractivity contribution >= 4 is 49.1 Å². The first-order valence-corrected chi connectivity index (χ1v) is 10.5. The van der Waals surface area contributed by atoms with Gasteiger partial charge in [-0.05, 0) is 42.5 Å². The predicted octanol–water partition coefficient (Wildman–Crippen LogP) is 6.32. The molecular weight excluding hydrogens is 446 g/mol. The van der Waals surface area contributed by atoms with Gasteiger partial charge in [0.05, 0.1) is 5.69 Å². The van der Waals surface area contributed by atoms with E-state index in [2.05, 4.69) is 42.5 Å². The smallest absolute Gasteiger partial charge is 0.210 e. The number of nitrogens with one attached hydrogen (secondary N) is 1. The predicted molar refractivity (Wildman–Crippen MR) is 121 cm³/mol. The van der Waals surface area contributed by atoms with Crippen molar-refractivity contribution in [1.29, 1.82) is 0 Å². The van der Waals surface area contributed by atoms with Gasteiger partial charge < -0.3 is 5.32 Å². The van der Waals surface area contributed by atoms with Crippen LogP contribution < -0.4 is 5.32 Å². The van der Waals surface area contributed by atoms with E-state index >= 15 is 0 Å². The molecule has 0 aliphatic rings. The van der Waals surface area contributed by atoms with E-state index in [1.54, 1.807) is 6.20 Å². The largest absolute Gasteiger partial charge is 0.330 e. The Bertz CT molecular complexity index is 1290. The van der Waals surface area contributed by atoms with Crippen LogP contribution in [0.2, 0.25) is 0 Å². The summed E-state index contributed by atoms with van der Waals surface area (Å²) in [5.74, 6) is 0. The lowest BCUT2D eigenvalue weighted by atomic mass is 10.0. The molecule has 7 heteroatoms. The number of benzene rings is 2. The summed E-state index contributed by atoms with van der Waals surface area (Å²) >= 11 is 4.95. The summed E-state index contributed by atoms with van der Waals surface area (Å²) in [4.78, 5) is 9.24. The van der Waals surface area contributed by atoms with E-state index in [-0.39, 0.29) is 0 Å². The minimum atomic E-state index is 0.716. The van der Waals surface area contributed by atoms with Crippen LogP contribution in [-0.4, -0.2) is 20.2 Å². The molecule has 3 aromatic heterocycles. The van der Waals surface area contributed by atoms with Gasteiger partial charge in [0.2, 0.25) is 5.13 Å². The molecule has 0 aliphatic heterocycles. The second kappa shape index (κ2) is 7.69. The van der Waals surface area contributed by atoms with Crippen molar-refractivity contribution in [3.05, 3.63) is 83.5 Å². The molecule has 1 N–H and O–H groups in total. The molecule has 0 aliphatic carbocycles. The molecule has 0 bridgehead atoms. The first-order chi connectivity index (χ1) is 14.3. The summed E-state index contributed by atoms with van der Waals surface area (Å²) in [5.41, 5.74) is 4.49. The number of hydrogen-bond acceptors (Lipinski definition) is 6. The minimum Gasteiger partial charge on any atom is -0.330 e. The fourth-order valence-electron chi connectivity index (χ4n) is 3.02. The van der Waals surface area contributed by atoms with Crippen LogP contribution in [0.15, 0.2) is 83.5 Å². The molecule has 29 heavy (non-hydrogen) atoms. The number of hydrogen-bond donors (Lipinski definition) is 1. The van der Waals surface area contributed by atoms with Crippen molar-refractivity contribution in [1.82, 2.24) is 20.2 Å². The summed E-state index contributed by atoms with van der Waals surface area (Å²) in [7, 11) is 0. The van der Waals surface area contributed by atoms with Crippen molar-refractivity contribution in [2.75, 3.05) is 5.32 Å². The Morgan fingerprint density at radius 2 is 1.69 bits per heavy atom. The van der Waals surface area contributed by atoms with Gasteiger partial charge in [0, 0.05) is 32.9 Å².